The molecule has 0 saturated carbocycles. The van der Waals surface area contributed by atoms with Crippen LogP contribution in [0.15, 0.2) is 0 Å². The van der Waals surface area contributed by atoms with Crippen molar-refractivity contribution in [2.45, 2.75) is 32.8 Å². The molecule has 0 fully saturated rings. The summed E-state index contributed by atoms with van der Waals surface area (Å²) in [6.07, 6.45) is 0.463. The predicted octanol–water partition coefficient (Wildman–Crippen LogP) is 1.28. The molecule has 0 aliphatic rings. The molecule has 12 heavy (non-hydrogen) atoms. The molecular formula is C9H19NO2. The second-order valence-electron chi connectivity index (χ2n) is 4.00. The normalized spacial score (nSPS) is 11.4. The summed E-state index contributed by atoms with van der Waals surface area (Å²) in [5, 5.41) is 0. The van der Waals surface area contributed by atoms with Gasteiger partial charge in [-0.05, 0) is 20.8 Å². The Bertz CT molecular complexity index is 147. The maximum atomic E-state index is 11.1. The fourth-order valence-corrected chi connectivity index (χ4v) is 0.668. The third-order valence-corrected chi connectivity index (χ3v) is 1.35. The quantitative estimate of drug-likeness (QED) is 0.643. The Balaban J connectivity index is 3.51. The van der Waals surface area contributed by atoms with E-state index in [-0.39, 0.29) is 11.5 Å². The Labute approximate surface area is 74.7 Å². The van der Waals surface area contributed by atoms with Gasteiger partial charge in [-0.1, -0.05) is 0 Å². The molecule has 0 radical (unpaired) electrons. The van der Waals surface area contributed by atoms with Gasteiger partial charge in [-0.15, -0.1) is 0 Å². The molecule has 0 N–H and O–H groups in total. The molecule has 3 heteroatoms. The standard InChI is InChI=1S/C9H19NO2/c1-9(2,3)12-7-6-8(11)10(4)5/h6-7H2,1-5H3. The highest BCUT2D eigenvalue weighted by atomic mass is 16.5. The molecule has 0 aromatic carbocycles. The number of carbonyl (C=O) groups is 1. The first kappa shape index (κ1) is 11.4. The predicted molar refractivity (Wildman–Crippen MR) is 49.0 cm³/mol. The third-order valence-electron chi connectivity index (χ3n) is 1.35. The average molecular weight is 173 g/mol. The average Bonchev–Trinajstić information content (AvgIpc) is 1.84. The van der Waals surface area contributed by atoms with E-state index in [2.05, 4.69) is 0 Å². The SMILES string of the molecule is CN(C)C(=O)CCOC(C)(C)C. The van der Waals surface area contributed by atoms with Crippen molar-refractivity contribution in [2.75, 3.05) is 20.7 Å². The highest BCUT2D eigenvalue weighted by Crippen LogP contribution is 2.06. The highest BCUT2D eigenvalue weighted by Gasteiger charge is 2.11. The van der Waals surface area contributed by atoms with E-state index in [1.54, 1.807) is 19.0 Å². The summed E-state index contributed by atoms with van der Waals surface area (Å²) >= 11 is 0. The van der Waals surface area contributed by atoms with Gasteiger partial charge in [-0.3, -0.25) is 4.79 Å². The van der Waals surface area contributed by atoms with Crippen molar-refractivity contribution < 1.29 is 9.53 Å². The molecule has 0 saturated heterocycles. The van der Waals surface area contributed by atoms with Gasteiger partial charge < -0.3 is 9.64 Å². The molecule has 0 aliphatic heterocycles. The lowest BCUT2D eigenvalue weighted by Crippen LogP contribution is -2.26. The van der Waals surface area contributed by atoms with E-state index in [9.17, 15) is 4.79 Å². The Morgan fingerprint density at radius 1 is 1.33 bits per heavy atom. The second-order valence-corrected chi connectivity index (χ2v) is 4.00. The van der Waals surface area contributed by atoms with Crippen LogP contribution in [0.5, 0.6) is 0 Å². The Morgan fingerprint density at radius 3 is 2.17 bits per heavy atom. The minimum absolute atomic E-state index is 0.110. The number of rotatable bonds is 3. The first-order valence-corrected chi connectivity index (χ1v) is 4.17. The van der Waals surface area contributed by atoms with E-state index >= 15 is 0 Å². The molecule has 0 unspecified atom stereocenters. The van der Waals surface area contributed by atoms with E-state index in [1.807, 2.05) is 20.8 Å². The molecule has 3 nitrogen and oxygen atoms in total. The van der Waals surface area contributed by atoms with Crippen molar-refractivity contribution in [3.63, 3.8) is 0 Å². The van der Waals surface area contributed by atoms with E-state index in [0.717, 1.165) is 0 Å². The summed E-state index contributed by atoms with van der Waals surface area (Å²) < 4.78 is 5.40. The zero-order valence-electron chi connectivity index (χ0n) is 8.68. The lowest BCUT2D eigenvalue weighted by molar-refractivity contribution is -0.130. The van der Waals surface area contributed by atoms with Crippen molar-refractivity contribution in [1.29, 1.82) is 0 Å². The lowest BCUT2D eigenvalue weighted by Gasteiger charge is -2.19. The topological polar surface area (TPSA) is 29.5 Å². The van der Waals surface area contributed by atoms with Gasteiger partial charge in [0, 0.05) is 14.1 Å². The number of hydrogen-bond acceptors (Lipinski definition) is 2. The van der Waals surface area contributed by atoms with Gasteiger partial charge in [0.15, 0.2) is 0 Å². The van der Waals surface area contributed by atoms with Crippen LogP contribution in [0.25, 0.3) is 0 Å². The largest absolute Gasteiger partial charge is 0.375 e. The van der Waals surface area contributed by atoms with Gasteiger partial charge in [-0.25, -0.2) is 0 Å². The monoisotopic (exact) mass is 173 g/mol. The Morgan fingerprint density at radius 2 is 1.83 bits per heavy atom. The van der Waals surface area contributed by atoms with Crippen LogP contribution < -0.4 is 0 Å². The number of nitrogens with zero attached hydrogens (tertiary/aromatic N) is 1. The van der Waals surface area contributed by atoms with Crippen molar-refractivity contribution >= 4 is 5.91 Å². The summed E-state index contributed by atoms with van der Waals surface area (Å²) in [5.41, 5.74) is -0.146. The Hall–Kier alpha value is -0.570. The molecule has 0 heterocycles. The smallest absolute Gasteiger partial charge is 0.224 e. The number of ether oxygens (including phenoxy) is 1. The molecule has 1 amide bonds. The summed E-state index contributed by atoms with van der Waals surface area (Å²) in [6.45, 7) is 6.44. The van der Waals surface area contributed by atoms with Crippen molar-refractivity contribution in [2.24, 2.45) is 0 Å². The van der Waals surface area contributed by atoms with Gasteiger partial charge in [0.2, 0.25) is 5.91 Å². The maximum absolute atomic E-state index is 11.1. The second kappa shape index (κ2) is 4.45. The molecular weight excluding hydrogens is 154 g/mol. The lowest BCUT2D eigenvalue weighted by atomic mass is 10.2. The van der Waals surface area contributed by atoms with Crippen LogP contribution in [-0.4, -0.2) is 37.1 Å². The molecule has 0 aliphatic carbocycles. The van der Waals surface area contributed by atoms with E-state index in [1.165, 1.54) is 0 Å². The minimum Gasteiger partial charge on any atom is -0.375 e. The van der Waals surface area contributed by atoms with Crippen LogP contribution >= 0.6 is 0 Å². The van der Waals surface area contributed by atoms with Crippen LogP contribution in [0.1, 0.15) is 27.2 Å². The minimum atomic E-state index is -0.146. The molecule has 0 aromatic heterocycles. The zero-order valence-corrected chi connectivity index (χ0v) is 8.68. The summed E-state index contributed by atoms with van der Waals surface area (Å²) in [6, 6.07) is 0. The fraction of sp³-hybridized carbons (Fsp3) is 0.889. The van der Waals surface area contributed by atoms with E-state index in [0.29, 0.717) is 13.0 Å². The summed E-state index contributed by atoms with van der Waals surface area (Å²) in [7, 11) is 3.50. The number of hydrogen-bond donors (Lipinski definition) is 0. The highest BCUT2D eigenvalue weighted by molar-refractivity contribution is 5.75. The summed E-state index contributed by atoms with van der Waals surface area (Å²) in [5.74, 6) is 0.110. The fourth-order valence-electron chi connectivity index (χ4n) is 0.668. The molecule has 0 rings (SSSR count). The molecule has 0 atom stereocenters. The van der Waals surface area contributed by atoms with Gasteiger partial charge in [0.25, 0.3) is 0 Å². The van der Waals surface area contributed by atoms with Crippen molar-refractivity contribution in [3.05, 3.63) is 0 Å². The third kappa shape index (κ3) is 6.16. The van der Waals surface area contributed by atoms with E-state index < -0.39 is 0 Å². The van der Waals surface area contributed by atoms with Crippen LogP contribution in [0.3, 0.4) is 0 Å². The molecule has 0 bridgehead atoms. The van der Waals surface area contributed by atoms with Crippen molar-refractivity contribution in [1.82, 2.24) is 4.90 Å². The number of carbonyl (C=O) groups excluding carboxylic acids is 1. The first-order chi connectivity index (χ1) is 5.33. The van der Waals surface area contributed by atoms with Gasteiger partial charge in [0.1, 0.15) is 0 Å². The number of amides is 1. The first-order valence-electron chi connectivity index (χ1n) is 4.17. The summed E-state index contributed by atoms with van der Waals surface area (Å²) in [4.78, 5) is 12.7. The van der Waals surface area contributed by atoms with Crippen molar-refractivity contribution in [3.8, 4) is 0 Å². The zero-order chi connectivity index (χ0) is 9.78. The van der Waals surface area contributed by atoms with Gasteiger partial charge in [-0.2, -0.15) is 0 Å². The maximum Gasteiger partial charge on any atom is 0.224 e. The van der Waals surface area contributed by atoms with Crippen LogP contribution in [-0.2, 0) is 9.53 Å². The van der Waals surface area contributed by atoms with Crippen LogP contribution in [0.2, 0.25) is 0 Å². The molecule has 72 valence electrons. The van der Waals surface area contributed by atoms with Gasteiger partial charge in [0.05, 0.1) is 18.6 Å². The van der Waals surface area contributed by atoms with Crippen LogP contribution in [0.4, 0.5) is 0 Å². The van der Waals surface area contributed by atoms with Gasteiger partial charge >= 0.3 is 0 Å². The molecule has 0 spiro atoms. The Kier molecular flexibility index (Phi) is 4.24. The van der Waals surface area contributed by atoms with E-state index in [4.69, 9.17) is 4.74 Å². The van der Waals surface area contributed by atoms with Crippen LogP contribution in [0, 0.1) is 0 Å². The molecule has 0 aromatic rings.